The second kappa shape index (κ2) is 10.8. The molecule has 2 aromatic heterocycles. The normalized spacial score (nSPS) is 10.6. The van der Waals surface area contributed by atoms with Crippen LogP contribution in [0.25, 0.3) is 5.69 Å². The molecule has 0 aliphatic rings. The Hall–Kier alpha value is -2.78. The van der Waals surface area contributed by atoms with Gasteiger partial charge in [-0.25, -0.2) is 4.98 Å². The zero-order chi connectivity index (χ0) is 21.3. The first-order valence-corrected chi connectivity index (χ1v) is 11.3. The van der Waals surface area contributed by atoms with Gasteiger partial charge in [-0.1, -0.05) is 17.8 Å². The van der Waals surface area contributed by atoms with Crippen LogP contribution in [-0.2, 0) is 16.1 Å². The number of nitrogens with zero attached hydrogens (tertiary/aromatic N) is 3. The molecular weight excluding hydrogens is 420 g/mol. The first kappa shape index (κ1) is 21.9. The average Bonchev–Trinajstić information content (AvgIpc) is 3.46. The number of methoxy groups -OCH3 is 1. The number of hydrogen-bond acceptors (Lipinski definition) is 6. The lowest BCUT2D eigenvalue weighted by molar-refractivity contribution is -0.133. The van der Waals surface area contributed by atoms with E-state index in [0.717, 1.165) is 16.3 Å². The van der Waals surface area contributed by atoms with Crippen LogP contribution in [0.15, 0.2) is 59.3 Å². The summed E-state index contributed by atoms with van der Waals surface area (Å²) in [6, 6.07) is 11.5. The van der Waals surface area contributed by atoms with Crippen molar-refractivity contribution in [3.8, 4) is 11.4 Å². The number of nitrogens with one attached hydrogen (secondary N) is 1. The Kier molecular flexibility index (Phi) is 7.92. The molecule has 0 bridgehead atoms. The minimum atomic E-state index is -0.164. The van der Waals surface area contributed by atoms with Crippen molar-refractivity contribution in [2.75, 3.05) is 26.0 Å². The number of hydrogen-bond donors (Lipinski definition) is 1. The average molecular weight is 445 g/mol. The fourth-order valence-electron chi connectivity index (χ4n) is 2.76. The van der Waals surface area contributed by atoms with Gasteiger partial charge in [0.25, 0.3) is 0 Å². The fraction of sp³-hybridized carbons (Fsp3) is 0.286. The highest BCUT2D eigenvalue weighted by Crippen LogP contribution is 2.22. The molecular formula is C21H24N4O3S2. The zero-order valence-electron chi connectivity index (χ0n) is 16.9. The highest BCUT2D eigenvalue weighted by atomic mass is 32.2. The number of ether oxygens (including phenoxy) is 1. The van der Waals surface area contributed by atoms with E-state index in [2.05, 4.69) is 10.3 Å². The number of benzene rings is 1. The van der Waals surface area contributed by atoms with E-state index in [0.29, 0.717) is 18.2 Å². The van der Waals surface area contributed by atoms with Gasteiger partial charge in [0.2, 0.25) is 11.8 Å². The van der Waals surface area contributed by atoms with E-state index < -0.39 is 0 Å². The van der Waals surface area contributed by atoms with E-state index in [1.807, 2.05) is 59.5 Å². The van der Waals surface area contributed by atoms with Crippen LogP contribution in [0.1, 0.15) is 11.8 Å². The Labute approximate surface area is 184 Å². The molecule has 0 saturated heterocycles. The number of imidazole rings is 1. The van der Waals surface area contributed by atoms with Crippen molar-refractivity contribution in [2.24, 2.45) is 0 Å². The Morgan fingerprint density at radius 3 is 2.73 bits per heavy atom. The van der Waals surface area contributed by atoms with E-state index in [1.54, 1.807) is 29.5 Å². The summed E-state index contributed by atoms with van der Waals surface area (Å²) in [4.78, 5) is 31.8. The van der Waals surface area contributed by atoms with Crippen molar-refractivity contribution in [1.82, 2.24) is 19.8 Å². The molecule has 158 valence electrons. The van der Waals surface area contributed by atoms with Gasteiger partial charge in [-0.2, -0.15) is 0 Å². The maximum absolute atomic E-state index is 12.6. The topological polar surface area (TPSA) is 76.5 Å². The summed E-state index contributed by atoms with van der Waals surface area (Å²) in [5, 5.41) is 5.54. The molecule has 1 N–H and O–H groups in total. The molecule has 0 aliphatic carbocycles. The molecule has 0 atom stereocenters. The number of thioether (sulfide) groups is 1. The minimum absolute atomic E-state index is 0.0498. The molecule has 0 spiro atoms. The van der Waals surface area contributed by atoms with Gasteiger partial charge in [0.15, 0.2) is 5.16 Å². The van der Waals surface area contributed by atoms with E-state index in [4.69, 9.17) is 4.74 Å². The predicted octanol–water partition coefficient (Wildman–Crippen LogP) is 3.20. The van der Waals surface area contributed by atoms with E-state index >= 15 is 0 Å². The van der Waals surface area contributed by atoms with Gasteiger partial charge >= 0.3 is 0 Å². The van der Waals surface area contributed by atoms with Crippen molar-refractivity contribution >= 4 is 34.9 Å². The van der Waals surface area contributed by atoms with Gasteiger partial charge in [0.1, 0.15) is 5.75 Å². The number of likely N-dealkylation sites (N-methyl/N-ethyl adjacent to an activating group) is 1. The number of aromatic nitrogens is 2. The van der Waals surface area contributed by atoms with E-state index in [-0.39, 0.29) is 24.1 Å². The van der Waals surface area contributed by atoms with Crippen LogP contribution in [0.3, 0.4) is 0 Å². The van der Waals surface area contributed by atoms with Crippen molar-refractivity contribution in [1.29, 1.82) is 0 Å². The Morgan fingerprint density at radius 2 is 2.07 bits per heavy atom. The fourth-order valence-corrected chi connectivity index (χ4v) is 4.28. The monoisotopic (exact) mass is 444 g/mol. The summed E-state index contributed by atoms with van der Waals surface area (Å²) in [5.74, 6) is 0.722. The third-order valence-electron chi connectivity index (χ3n) is 4.39. The van der Waals surface area contributed by atoms with Crippen LogP contribution in [-0.4, -0.2) is 52.2 Å². The second-order valence-corrected chi connectivity index (χ2v) is 8.31. The number of rotatable bonds is 10. The summed E-state index contributed by atoms with van der Waals surface area (Å²) in [6.45, 7) is 2.87. The number of carbonyl (C=O) groups excluding carboxylic acids is 2. The largest absolute Gasteiger partial charge is 0.497 e. The molecule has 0 aliphatic heterocycles. The molecule has 7 nitrogen and oxygen atoms in total. The Morgan fingerprint density at radius 1 is 1.27 bits per heavy atom. The Balaban J connectivity index is 1.53. The van der Waals surface area contributed by atoms with Gasteiger partial charge in [0.05, 0.1) is 26.0 Å². The molecule has 30 heavy (non-hydrogen) atoms. The van der Waals surface area contributed by atoms with Crippen LogP contribution in [0.5, 0.6) is 5.75 Å². The van der Waals surface area contributed by atoms with Crippen molar-refractivity contribution in [3.63, 3.8) is 0 Å². The van der Waals surface area contributed by atoms with Crippen molar-refractivity contribution < 1.29 is 14.3 Å². The number of carbonyl (C=O) groups is 2. The lowest BCUT2D eigenvalue weighted by Gasteiger charge is -2.20. The van der Waals surface area contributed by atoms with Crippen molar-refractivity contribution in [2.45, 2.75) is 18.6 Å². The first-order chi connectivity index (χ1) is 14.6. The molecule has 3 aromatic rings. The first-order valence-electron chi connectivity index (χ1n) is 9.48. The molecule has 0 unspecified atom stereocenters. The highest BCUT2D eigenvalue weighted by Gasteiger charge is 2.17. The van der Waals surface area contributed by atoms with Gasteiger partial charge < -0.3 is 15.0 Å². The molecule has 9 heteroatoms. The smallest absolute Gasteiger partial charge is 0.239 e. The van der Waals surface area contributed by atoms with Gasteiger partial charge in [-0.05, 0) is 42.6 Å². The second-order valence-electron chi connectivity index (χ2n) is 6.33. The summed E-state index contributed by atoms with van der Waals surface area (Å²) in [6.07, 6.45) is 3.55. The molecule has 0 saturated carbocycles. The summed E-state index contributed by atoms with van der Waals surface area (Å²) in [5.41, 5.74) is 0.934. The molecule has 0 radical (unpaired) electrons. The zero-order valence-corrected chi connectivity index (χ0v) is 18.5. The third kappa shape index (κ3) is 5.87. The van der Waals surface area contributed by atoms with Crippen LogP contribution in [0.4, 0.5) is 0 Å². The summed E-state index contributed by atoms with van der Waals surface area (Å²) < 4.78 is 7.11. The molecule has 1 aromatic carbocycles. The quantitative estimate of drug-likeness (QED) is 0.486. The lowest BCUT2D eigenvalue weighted by Crippen LogP contribution is -2.41. The van der Waals surface area contributed by atoms with Gasteiger partial charge in [-0.15, -0.1) is 11.3 Å². The third-order valence-corrected chi connectivity index (χ3v) is 6.22. The standard InChI is InChI=1S/C21H24N4O3S2/c1-3-24(14-19(26)23-13-18-5-4-12-29-18)20(27)15-30-21-22-10-11-25(21)16-6-8-17(28-2)9-7-16/h4-12H,3,13-15H2,1-2H3,(H,23,26). The van der Waals surface area contributed by atoms with Gasteiger partial charge in [-0.3, -0.25) is 14.2 Å². The molecule has 2 amide bonds. The van der Waals surface area contributed by atoms with E-state index in [1.165, 1.54) is 11.8 Å². The molecule has 2 heterocycles. The number of thiophene rings is 1. The SMILES string of the molecule is CCN(CC(=O)NCc1cccs1)C(=O)CSc1nccn1-c1ccc(OC)cc1. The van der Waals surface area contributed by atoms with Crippen LogP contribution >= 0.6 is 23.1 Å². The van der Waals surface area contributed by atoms with Crippen molar-refractivity contribution in [3.05, 3.63) is 59.0 Å². The number of amides is 2. The molecule has 0 fully saturated rings. The predicted molar refractivity (Wildman–Crippen MR) is 119 cm³/mol. The van der Waals surface area contributed by atoms with E-state index in [9.17, 15) is 9.59 Å². The summed E-state index contributed by atoms with van der Waals surface area (Å²) >= 11 is 2.94. The maximum atomic E-state index is 12.6. The highest BCUT2D eigenvalue weighted by molar-refractivity contribution is 7.99. The maximum Gasteiger partial charge on any atom is 0.239 e. The summed E-state index contributed by atoms with van der Waals surface area (Å²) in [7, 11) is 1.63. The molecule has 3 rings (SSSR count). The Bertz CT molecular complexity index is 955. The lowest BCUT2D eigenvalue weighted by atomic mass is 10.3. The van der Waals surface area contributed by atoms with Crippen LogP contribution in [0.2, 0.25) is 0 Å². The minimum Gasteiger partial charge on any atom is -0.497 e. The van der Waals surface area contributed by atoms with Gasteiger partial charge in [0, 0.05) is 29.5 Å². The van der Waals surface area contributed by atoms with Crippen LogP contribution in [0, 0.1) is 0 Å². The van der Waals surface area contributed by atoms with Crippen LogP contribution < -0.4 is 10.1 Å².